The molecule has 186 valence electrons. The predicted octanol–water partition coefficient (Wildman–Crippen LogP) is 4.14. The van der Waals surface area contributed by atoms with Crippen LogP contribution in [0.5, 0.6) is 0 Å². The van der Waals surface area contributed by atoms with E-state index in [4.69, 9.17) is 11.6 Å². The van der Waals surface area contributed by atoms with Gasteiger partial charge in [0.25, 0.3) is 0 Å². The topological polar surface area (TPSA) is 86.8 Å². The number of hydrogen-bond donors (Lipinski definition) is 1. The molecule has 1 atom stereocenters. The molecular weight excluding hydrogens is 474 g/mol. The summed E-state index contributed by atoms with van der Waals surface area (Å²) < 4.78 is 26.0. The maximum absolute atomic E-state index is 13.2. The van der Waals surface area contributed by atoms with Crippen LogP contribution in [0.25, 0.3) is 0 Å². The molecule has 1 N–H and O–H groups in total. The Balaban J connectivity index is 2.16. The molecule has 7 nitrogen and oxygen atoms in total. The van der Waals surface area contributed by atoms with Gasteiger partial charge in [-0.25, -0.2) is 8.42 Å². The molecule has 2 rings (SSSR count). The monoisotopic (exact) mass is 507 g/mol. The average molecular weight is 508 g/mol. The maximum Gasteiger partial charge on any atom is 0.242 e. The largest absolute Gasteiger partial charge is 0.352 e. The van der Waals surface area contributed by atoms with Gasteiger partial charge in [0.1, 0.15) is 6.04 Å². The van der Waals surface area contributed by atoms with Crippen molar-refractivity contribution in [3.05, 3.63) is 64.7 Å². The minimum Gasteiger partial charge on any atom is -0.352 e. The number of halogens is 1. The Labute approximate surface area is 208 Å². The summed E-state index contributed by atoms with van der Waals surface area (Å²) in [5.41, 5.74) is 2.39. The van der Waals surface area contributed by atoms with Crippen molar-refractivity contribution in [3.63, 3.8) is 0 Å². The second-order valence-electron chi connectivity index (χ2n) is 8.77. The highest BCUT2D eigenvalue weighted by molar-refractivity contribution is 7.92. The lowest BCUT2D eigenvalue weighted by atomic mass is 10.1. The van der Waals surface area contributed by atoms with Crippen molar-refractivity contribution in [2.75, 3.05) is 17.1 Å². The molecule has 0 aliphatic carbocycles. The van der Waals surface area contributed by atoms with E-state index in [1.54, 1.807) is 37.3 Å². The standard InChI is InChI=1S/C25H34ClN3O4S/c1-18(2)27-25(31)20(4)28(17-21-8-6-9-22(26)16-21)24(30)10-7-15-29(34(5,32)33)23-13-11-19(3)12-14-23/h6,8-9,11-14,16,18,20H,7,10,15,17H2,1-5H3,(H,27,31)/t20-/m1/s1. The van der Waals surface area contributed by atoms with Gasteiger partial charge in [-0.3, -0.25) is 13.9 Å². The van der Waals surface area contributed by atoms with Crippen molar-refractivity contribution in [1.29, 1.82) is 0 Å². The van der Waals surface area contributed by atoms with E-state index < -0.39 is 16.1 Å². The molecule has 0 aliphatic rings. The second kappa shape index (κ2) is 12.2. The number of amides is 2. The van der Waals surface area contributed by atoms with Crippen LogP contribution in [0.1, 0.15) is 44.7 Å². The first-order chi connectivity index (χ1) is 15.9. The number of carbonyl (C=O) groups is 2. The first kappa shape index (κ1) is 27.7. The van der Waals surface area contributed by atoms with Gasteiger partial charge < -0.3 is 10.2 Å². The van der Waals surface area contributed by atoms with E-state index in [1.807, 2.05) is 39.0 Å². The van der Waals surface area contributed by atoms with Crippen molar-refractivity contribution in [3.8, 4) is 0 Å². The number of carbonyl (C=O) groups excluding carboxylic acids is 2. The van der Waals surface area contributed by atoms with Crippen molar-refractivity contribution in [1.82, 2.24) is 10.2 Å². The molecule has 34 heavy (non-hydrogen) atoms. The van der Waals surface area contributed by atoms with Crippen LogP contribution in [0.2, 0.25) is 5.02 Å². The maximum atomic E-state index is 13.2. The number of nitrogens with zero attached hydrogens (tertiary/aromatic N) is 2. The van der Waals surface area contributed by atoms with Crippen LogP contribution in [-0.2, 0) is 26.2 Å². The second-order valence-corrected chi connectivity index (χ2v) is 11.1. The number of anilines is 1. The van der Waals surface area contributed by atoms with E-state index in [1.165, 1.54) is 9.21 Å². The number of rotatable bonds is 11. The van der Waals surface area contributed by atoms with Gasteiger partial charge in [-0.2, -0.15) is 0 Å². The summed E-state index contributed by atoms with van der Waals surface area (Å²) in [6.07, 6.45) is 1.56. The van der Waals surface area contributed by atoms with Gasteiger partial charge in [0.2, 0.25) is 21.8 Å². The molecular formula is C25H34ClN3O4S. The third-order valence-corrected chi connectivity index (χ3v) is 6.74. The minimum absolute atomic E-state index is 0.0594. The van der Waals surface area contributed by atoms with Gasteiger partial charge in [0.05, 0.1) is 11.9 Å². The van der Waals surface area contributed by atoms with Crippen molar-refractivity contribution in [2.45, 2.75) is 59.2 Å². The van der Waals surface area contributed by atoms with E-state index in [9.17, 15) is 18.0 Å². The Hall–Kier alpha value is -2.58. The molecule has 0 heterocycles. The van der Waals surface area contributed by atoms with Crippen LogP contribution in [0, 0.1) is 6.92 Å². The fourth-order valence-corrected chi connectivity index (χ4v) is 4.71. The molecule has 2 amide bonds. The Kier molecular flexibility index (Phi) is 9.94. The van der Waals surface area contributed by atoms with E-state index in [0.717, 1.165) is 17.4 Å². The van der Waals surface area contributed by atoms with E-state index in [-0.39, 0.29) is 37.4 Å². The third-order valence-electron chi connectivity index (χ3n) is 5.31. The van der Waals surface area contributed by atoms with Gasteiger partial charge in [-0.15, -0.1) is 0 Å². The summed E-state index contributed by atoms with van der Waals surface area (Å²) in [5, 5.41) is 3.40. The van der Waals surface area contributed by atoms with Crippen LogP contribution < -0.4 is 9.62 Å². The predicted molar refractivity (Wildman–Crippen MR) is 137 cm³/mol. The van der Waals surface area contributed by atoms with Gasteiger partial charge in [-0.1, -0.05) is 41.4 Å². The third kappa shape index (κ3) is 8.33. The molecule has 9 heteroatoms. The fraction of sp³-hybridized carbons (Fsp3) is 0.440. The lowest BCUT2D eigenvalue weighted by Crippen LogP contribution is -2.49. The summed E-state index contributed by atoms with van der Waals surface area (Å²) in [7, 11) is -3.52. The number of nitrogens with one attached hydrogen (secondary N) is 1. The Morgan fingerprint density at radius 1 is 1.06 bits per heavy atom. The van der Waals surface area contributed by atoms with Crippen LogP contribution in [-0.4, -0.2) is 50.0 Å². The lowest BCUT2D eigenvalue weighted by molar-refractivity contribution is -0.140. The van der Waals surface area contributed by atoms with Crippen molar-refractivity contribution in [2.24, 2.45) is 0 Å². The lowest BCUT2D eigenvalue weighted by Gasteiger charge is -2.30. The molecule has 0 aromatic heterocycles. The van der Waals surface area contributed by atoms with E-state index in [0.29, 0.717) is 17.1 Å². The van der Waals surface area contributed by atoms with Crippen molar-refractivity contribution < 1.29 is 18.0 Å². The zero-order valence-corrected chi connectivity index (χ0v) is 22.0. The number of hydrogen-bond acceptors (Lipinski definition) is 4. The molecule has 2 aromatic rings. The highest BCUT2D eigenvalue weighted by Gasteiger charge is 2.27. The summed E-state index contributed by atoms with van der Waals surface area (Å²) in [5.74, 6) is -0.480. The Morgan fingerprint density at radius 2 is 1.71 bits per heavy atom. The molecule has 0 radical (unpaired) electrons. The van der Waals surface area contributed by atoms with Gasteiger partial charge in [0.15, 0.2) is 0 Å². The van der Waals surface area contributed by atoms with Crippen LogP contribution in [0.15, 0.2) is 48.5 Å². The van der Waals surface area contributed by atoms with Crippen molar-refractivity contribution >= 4 is 39.1 Å². The first-order valence-corrected chi connectivity index (χ1v) is 13.5. The van der Waals surface area contributed by atoms with Crippen LogP contribution >= 0.6 is 11.6 Å². The summed E-state index contributed by atoms with van der Waals surface area (Å²) >= 11 is 6.10. The Morgan fingerprint density at radius 3 is 2.26 bits per heavy atom. The van der Waals surface area contributed by atoms with Gasteiger partial charge >= 0.3 is 0 Å². The normalized spacial score (nSPS) is 12.3. The van der Waals surface area contributed by atoms with Crippen LogP contribution in [0.3, 0.4) is 0 Å². The SMILES string of the molecule is Cc1ccc(N(CCCC(=O)N(Cc2cccc(Cl)c2)[C@H](C)C(=O)NC(C)C)S(C)(=O)=O)cc1. The summed E-state index contributed by atoms with van der Waals surface area (Å²) in [6.45, 7) is 7.72. The Bertz CT molecular complexity index is 1090. The number of sulfonamides is 1. The highest BCUT2D eigenvalue weighted by Crippen LogP contribution is 2.20. The molecule has 0 fully saturated rings. The molecule has 0 saturated heterocycles. The molecule has 0 spiro atoms. The quantitative estimate of drug-likeness (QED) is 0.495. The van der Waals surface area contributed by atoms with Gasteiger partial charge in [-0.05, 0) is 63.9 Å². The van der Waals surface area contributed by atoms with Crippen LogP contribution in [0.4, 0.5) is 5.69 Å². The zero-order valence-electron chi connectivity index (χ0n) is 20.4. The molecule has 0 aliphatic heterocycles. The smallest absolute Gasteiger partial charge is 0.242 e. The highest BCUT2D eigenvalue weighted by atomic mass is 35.5. The van der Waals surface area contributed by atoms with Gasteiger partial charge in [0, 0.05) is 30.6 Å². The molecule has 0 unspecified atom stereocenters. The van der Waals surface area contributed by atoms with E-state index >= 15 is 0 Å². The zero-order chi connectivity index (χ0) is 25.5. The average Bonchev–Trinajstić information content (AvgIpc) is 2.74. The minimum atomic E-state index is -3.52. The molecule has 0 saturated carbocycles. The number of aryl methyl sites for hydroxylation is 1. The molecule has 2 aromatic carbocycles. The summed E-state index contributed by atoms with van der Waals surface area (Å²) in [6, 6.07) is 13.6. The number of benzene rings is 2. The molecule has 0 bridgehead atoms. The first-order valence-electron chi connectivity index (χ1n) is 11.3. The van der Waals surface area contributed by atoms with E-state index in [2.05, 4.69) is 5.32 Å². The fourth-order valence-electron chi connectivity index (χ4n) is 3.53. The summed E-state index contributed by atoms with van der Waals surface area (Å²) in [4.78, 5) is 27.4.